The minimum Gasteiger partial charge on any atom is -0.488 e. The summed E-state index contributed by atoms with van der Waals surface area (Å²) in [6, 6.07) is 7.76. The first-order valence-electron chi connectivity index (χ1n) is 10.5. The molecular weight excluding hydrogens is 416 g/mol. The molecule has 4 rings (SSSR count). The van der Waals surface area contributed by atoms with Crippen molar-refractivity contribution in [3.8, 4) is 11.4 Å². The zero-order valence-corrected chi connectivity index (χ0v) is 18.0. The molecule has 1 aromatic heterocycles. The van der Waals surface area contributed by atoms with Crippen LogP contribution in [0.5, 0.6) is 5.75 Å². The summed E-state index contributed by atoms with van der Waals surface area (Å²) in [6.07, 6.45) is 4.27. The number of ether oxygens (including phenoxy) is 1. The SMILES string of the molecule is Cc1cn(-c2ccc(C(=O)N3CCC[C@H](Oc4cc(F)cc(F)c4)[C@@H]3CO)cc2C)cn1. The molecule has 0 aliphatic carbocycles. The first kappa shape index (κ1) is 22.0. The number of hydrogen-bond acceptors (Lipinski definition) is 4. The molecule has 0 unspecified atom stereocenters. The first-order chi connectivity index (χ1) is 15.4. The molecule has 1 amide bonds. The molecule has 1 fully saturated rings. The number of amides is 1. The van der Waals surface area contributed by atoms with Crippen LogP contribution in [-0.4, -0.2) is 50.8 Å². The maximum absolute atomic E-state index is 13.5. The second-order valence-corrected chi connectivity index (χ2v) is 8.08. The van der Waals surface area contributed by atoms with Gasteiger partial charge in [-0.15, -0.1) is 0 Å². The number of piperidine rings is 1. The number of aryl methyl sites for hydroxylation is 2. The van der Waals surface area contributed by atoms with E-state index in [0.717, 1.165) is 35.1 Å². The van der Waals surface area contributed by atoms with Crippen molar-refractivity contribution in [1.82, 2.24) is 14.5 Å². The Kier molecular flexibility index (Phi) is 6.23. The second-order valence-electron chi connectivity index (χ2n) is 8.08. The van der Waals surface area contributed by atoms with Crippen molar-refractivity contribution in [1.29, 1.82) is 0 Å². The number of aliphatic hydroxyl groups excluding tert-OH is 1. The van der Waals surface area contributed by atoms with Gasteiger partial charge in [0, 0.05) is 42.2 Å². The van der Waals surface area contributed by atoms with E-state index in [9.17, 15) is 18.7 Å². The minimum absolute atomic E-state index is 0.0380. The fourth-order valence-electron chi connectivity index (χ4n) is 4.20. The molecule has 2 heterocycles. The summed E-state index contributed by atoms with van der Waals surface area (Å²) in [6.45, 7) is 3.97. The molecule has 2 aromatic carbocycles. The predicted molar refractivity (Wildman–Crippen MR) is 115 cm³/mol. The number of benzene rings is 2. The monoisotopic (exact) mass is 441 g/mol. The van der Waals surface area contributed by atoms with Crippen LogP contribution in [0.3, 0.4) is 0 Å². The first-order valence-corrected chi connectivity index (χ1v) is 10.5. The largest absolute Gasteiger partial charge is 0.488 e. The number of rotatable bonds is 5. The number of carbonyl (C=O) groups is 1. The van der Waals surface area contributed by atoms with Crippen molar-refractivity contribution in [2.75, 3.05) is 13.2 Å². The average Bonchev–Trinajstić information content (AvgIpc) is 3.18. The van der Waals surface area contributed by atoms with Crippen molar-refractivity contribution in [2.45, 2.75) is 38.8 Å². The van der Waals surface area contributed by atoms with Crippen LogP contribution in [0.2, 0.25) is 0 Å². The summed E-state index contributed by atoms with van der Waals surface area (Å²) in [4.78, 5) is 19.1. The molecule has 8 heteroatoms. The van der Waals surface area contributed by atoms with Crippen LogP contribution in [0.15, 0.2) is 48.9 Å². The van der Waals surface area contributed by atoms with Crippen LogP contribution in [-0.2, 0) is 0 Å². The van der Waals surface area contributed by atoms with E-state index in [0.29, 0.717) is 24.9 Å². The molecule has 32 heavy (non-hydrogen) atoms. The summed E-state index contributed by atoms with van der Waals surface area (Å²) in [5, 5.41) is 10.0. The van der Waals surface area contributed by atoms with Crippen molar-refractivity contribution >= 4 is 5.91 Å². The number of nitrogens with zero attached hydrogens (tertiary/aromatic N) is 3. The maximum atomic E-state index is 13.5. The Hall–Kier alpha value is -3.26. The zero-order valence-electron chi connectivity index (χ0n) is 18.0. The molecule has 6 nitrogen and oxygen atoms in total. The Morgan fingerprint density at radius 1 is 1.19 bits per heavy atom. The van der Waals surface area contributed by atoms with E-state index in [1.165, 1.54) is 0 Å². The normalized spacial score (nSPS) is 18.6. The highest BCUT2D eigenvalue weighted by molar-refractivity contribution is 5.95. The Labute approximate surface area is 185 Å². The highest BCUT2D eigenvalue weighted by Gasteiger charge is 2.36. The van der Waals surface area contributed by atoms with Crippen LogP contribution in [0.1, 0.15) is 34.5 Å². The number of carbonyl (C=O) groups excluding carboxylic acids is 1. The van der Waals surface area contributed by atoms with Gasteiger partial charge >= 0.3 is 0 Å². The molecule has 0 bridgehead atoms. The molecule has 1 saturated heterocycles. The summed E-state index contributed by atoms with van der Waals surface area (Å²) >= 11 is 0. The number of aliphatic hydroxyl groups is 1. The van der Waals surface area contributed by atoms with Gasteiger partial charge in [-0.05, 0) is 50.5 Å². The molecule has 168 valence electrons. The molecule has 1 N–H and O–H groups in total. The Morgan fingerprint density at radius 2 is 1.94 bits per heavy atom. The third-order valence-corrected chi connectivity index (χ3v) is 5.72. The number of aromatic nitrogens is 2. The van der Waals surface area contributed by atoms with E-state index in [2.05, 4.69) is 4.98 Å². The molecule has 1 aliphatic heterocycles. The van der Waals surface area contributed by atoms with E-state index >= 15 is 0 Å². The standard InChI is InChI=1S/C24H25F2N3O3/c1-15-8-17(5-6-21(15)28-12-16(2)27-14-28)24(31)29-7-3-4-23(22(29)13-30)32-20-10-18(25)9-19(26)11-20/h5-6,8-12,14,22-23,30H,3-4,7,13H2,1-2H3/t22-,23-/m0/s1. The summed E-state index contributed by atoms with van der Waals surface area (Å²) in [5.41, 5.74) is 3.23. The average molecular weight is 441 g/mol. The van der Waals surface area contributed by atoms with E-state index in [-0.39, 0.29) is 18.3 Å². The van der Waals surface area contributed by atoms with Crippen molar-refractivity contribution in [2.24, 2.45) is 0 Å². The minimum atomic E-state index is -0.743. The van der Waals surface area contributed by atoms with E-state index in [1.807, 2.05) is 36.7 Å². The van der Waals surface area contributed by atoms with Gasteiger partial charge in [-0.25, -0.2) is 13.8 Å². The third kappa shape index (κ3) is 4.50. The number of imidazole rings is 1. The lowest BCUT2D eigenvalue weighted by molar-refractivity contribution is 0.00155. The van der Waals surface area contributed by atoms with Gasteiger partial charge in [-0.1, -0.05) is 0 Å². The quantitative estimate of drug-likeness (QED) is 0.654. The van der Waals surface area contributed by atoms with Crippen LogP contribution in [0.25, 0.3) is 5.69 Å². The fraction of sp³-hybridized carbons (Fsp3) is 0.333. The molecule has 0 spiro atoms. The van der Waals surface area contributed by atoms with Crippen LogP contribution >= 0.6 is 0 Å². The molecule has 0 saturated carbocycles. The van der Waals surface area contributed by atoms with Crippen molar-refractivity contribution < 1.29 is 23.4 Å². The third-order valence-electron chi connectivity index (χ3n) is 5.72. The number of likely N-dealkylation sites (tertiary alicyclic amines) is 1. The summed E-state index contributed by atoms with van der Waals surface area (Å²) in [5.74, 6) is -1.67. The van der Waals surface area contributed by atoms with E-state index in [4.69, 9.17) is 4.74 Å². The number of halogens is 2. The van der Waals surface area contributed by atoms with Crippen molar-refractivity contribution in [3.05, 3.63) is 77.4 Å². The maximum Gasteiger partial charge on any atom is 0.254 e. The lowest BCUT2D eigenvalue weighted by Crippen LogP contribution is -2.54. The predicted octanol–water partition coefficient (Wildman–Crippen LogP) is 3.81. The van der Waals surface area contributed by atoms with E-state index in [1.54, 1.807) is 17.3 Å². The zero-order chi connectivity index (χ0) is 22.8. The lowest BCUT2D eigenvalue weighted by atomic mass is 9.97. The molecule has 1 aliphatic rings. The Morgan fingerprint density at radius 3 is 2.56 bits per heavy atom. The van der Waals surface area contributed by atoms with E-state index < -0.39 is 23.8 Å². The summed E-state index contributed by atoms with van der Waals surface area (Å²) in [7, 11) is 0. The van der Waals surface area contributed by atoms with Gasteiger partial charge in [-0.2, -0.15) is 0 Å². The molecule has 2 atom stereocenters. The van der Waals surface area contributed by atoms with Gasteiger partial charge in [0.1, 0.15) is 23.5 Å². The van der Waals surface area contributed by atoms with Crippen molar-refractivity contribution in [3.63, 3.8) is 0 Å². The highest BCUT2D eigenvalue weighted by Crippen LogP contribution is 2.27. The second kappa shape index (κ2) is 9.08. The van der Waals surface area contributed by atoms with Gasteiger partial charge in [0.2, 0.25) is 0 Å². The summed E-state index contributed by atoms with van der Waals surface area (Å²) < 4.78 is 34.8. The van der Waals surface area contributed by atoms with Gasteiger partial charge < -0.3 is 19.3 Å². The molecule has 3 aromatic rings. The number of hydrogen-bond donors (Lipinski definition) is 1. The fourth-order valence-corrected chi connectivity index (χ4v) is 4.20. The van der Waals surface area contributed by atoms with Crippen LogP contribution in [0.4, 0.5) is 8.78 Å². The molecule has 0 radical (unpaired) electrons. The molecular formula is C24H25F2N3O3. The van der Waals surface area contributed by atoms with Gasteiger partial charge in [0.05, 0.1) is 24.7 Å². The lowest BCUT2D eigenvalue weighted by Gasteiger charge is -2.40. The highest BCUT2D eigenvalue weighted by atomic mass is 19.1. The Balaban J connectivity index is 1.55. The van der Waals surface area contributed by atoms with Gasteiger partial charge in [-0.3, -0.25) is 4.79 Å². The topological polar surface area (TPSA) is 67.6 Å². The van der Waals surface area contributed by atoms with Gasteiger partial charge in [0.15, 0.2) is 0 Å². The smallest absolute Gasteiger partial charge is 0.254 e. The van der Waals surface area contributed by atoms with Gasteiger partial charge in [0.25, 0.3) is 5.91 Å². The van der Waals surface area contributed by atoms with Crippen LogP contribution < -0.4 is 4.74 Å². The Bertz CT molecular complexity index is 1110. The van der Waals surface area contributed by atoms with Crippen LogP contribution in [0, 0.1) is 25.5 Å².